The fourth-order valence-electron chi connectivity index (χ4n) is 5.19. The Kier molecular flexibility index (Phi) is 6.40. The van der Waals surface area contributed by atoms with Gasteiger partial charge in [0, 0.05) is 25.3 Å². The van der Waals surface area contributed by atoms with Crippen LogP contribution in [0.4, 0.5) is 13.2 Å². The zero-order chi connectivity index (χ0) is 24.0. The molecule has 0 bridgehead atoms. The lowest BCUT2D eigenvalue weighted by Crippen LogP contribution is -2.36. The molecule has 2 aromatic rings. The molecule has 0 spiro atoms. The van der Waals surface area contributed by atoms with E-state index in [0.717, 1.165) is 25.7 Å². The van der Waals surface area contributed by atoms with E-state index in [9.17, 15) is 23.1 Å². The van der Waals surface area contributed by atoms with Crippen molar-refractivity contribution in [3.63, 3.8) is 0 Å². The van der Waals surface area contributed by atoms with Crippen molar-refractivity contribution in [1.29, 1.82) is 0 Å². The number of aliphatic hydroxyl groups is 1. The Labute approximate surface area is 193 Å². The SMILES string of the molecule is CC(C)(C)CC(=O)CCCCc1nc2ccc(C3(O)CCC3)c(C(F)(F)F)c2n1C1CCC1. The summed E-state index contributed by atoms with van der Waals surface area (Å²) < 4.78 is 45.0. The molecule has 0 amide bonds. The van der Waals surface area contributed by atoms with Crippen LogP contribution in [-0.2, 0) is 23.0 Å². The minimum absolute atomic E-state index is 0.00597. The van der Waals surface area contributed by atoms with Crippen LogP contribution in [-0.4, -0.2) is 20.4 Å². The number of nitrogens with zero attached hydrogens (tertiary/aromatic N) is 2. The quantitative estimate of drug-likeness (QED) is 0.434. The van der Waals surface area contributed by atoms with E-state index in [1.807, 2.05) is 25.3 Å². The number of alkyl halides is 3. The summed E-state index contributed by atoms with van der Waals surface area (Å²) in [6, 6.07) is 3.08. The minimum Gasteiger partial charge on any atom is -0.385 e. The Balaban J connectivity index is 1.65. The van der Waals surface area contributed by atoms with Crippen molar-refractivity contribution in [3.8, 4) is 0 Å². The largest absolute Gasteiger partial charge is 0.418 e. The predicted octanol–water partition coefficient (Wildman–Crippen LogP) is 6.87. The molecule has 1 heterocycles. The summed E-state index contributed by atoms with van der Waals surface area (Å²) in [4.78, 5) is 16.8. The van der Waals surface area contributed by atoms with Gasteiger partial charge in [0.15, 0.2) is 0 Å². The lowest BCUT2D eigenvalue weighted by Gasteiger charge is -2.39. The number of fused-ring (bicyclic) bond motifs is 1. The maximum atomic E-state index is 14.4. The van der Waals surface area contributed by atoms with Crippen molar-refractivity contribution in [1.82, 2.24) is 9.55 Å². The van der Waals surface area contributed by atoms with Crippen molar-refractivity contribution >= 4 is 16.8 Å². The molecule has 4 nitrogen and oxygen atoms in total. The third-order valence-corrected chi connectivity index (χ3v) is 7.16. The van der Waals surface area contributed by atoms with Gasteiger partial charge in [-0.3, -0.25) is 4.79 Å². The molecule has 1 aromatic heterocycles. The average Bonchev–Trinajstić information content (AvgIpc) is 2.97. The number of aryl methyl sites for hydroxylation is 1. The fourth-order valence-corrected chi connectivity index (χ4v) is 5.19. The molecule has 182 valence electrons. The minimum atomic E-state index is -4.57. The number of imidazole rings is 1. The summed E-state index contributed by atoms with van der Waals surface area (Å²) in [5, 5.41) is 10.8. The molecule has 0 atom stereocenters. The van der Waals surface area contributed by atoms with Gasteiger partial charge in [-0.15, -0.1) is 0 Å². The third kappa shape index (κ3) is 4.98. The van der Waals surface area contributed by atoms with E-state index >= 15 is 0 Å². The number of hydrogen-bond acceptors (Lipinski definition) is 3. The zero-order valence-electron chi connectivity index (χ0n) is 19.9. The van der Waals surface area contributed by atoms with Gasteiger partial charge in [0.1, 0.15) is 11.6 Å². The van der Waals surface area contributed by atoms with Crippen LogP contribution < -0.4 is 0 Å². The highest BCUT2D eigenvalue weighted by Gasteiger charge is 2.46. The first kappa shape index (κ1) is 24.2. The van der Waals surface area contributed by atoms with E-state index in [4.69, 9.17) is 0 Å². The van der Waals surface area contributed by atoms with E-state index in [-0.39, 0.29) is 28.3 Å². The van der Waals surface area contributed by atoms with Gasteiger partial charge in [0.25, 0.3) is 0 Å². The van der Waals surface area contributed by atoms with Gasteiger partial charge in [-0.2, -0.15) is 13.2 Å². The summed E-state index contributed by atoms with van der Waals surface area (Å²) in [7, 11) is 0. The van der Waals surface area contributed by atoms with Gasteiger partial charge in [0.2, 0.25) is 0 Å². The van der Waals surface area contributed by atoms with Gasteiger partial charge in [-0.1, -0.05) is 26.8 Å². The van der Waals surface area contributed by atoms with Crippen LogP contribution in [0.15, 0.2) is 12.1 Å². The van der Waals surface area contributed by atoms with Crippen molar-refractivity contribution < 1.29 is 23.1 Å². The van der Waals surface area contributed by atoms with Crippen LogP contribution in [0.2, 0.25) is 0 Å². The Morgan fingerprint density at radius 2 is 1.85 bits per heavy atom. The molecule has 4 rings (SSSR count). The normalized spacial score (nSPS) is 18.9. The number of unbranched alkanes of at least 4 members (excludes halogenated alkanes) is 1. The average molecular weight is 465 g/mol. The van der Waals surface area contributed by atoms with Crippen molar-refractivity contribution in [3.05, 3.63) is 29.1 Å². The Morgan fingerprint density at radius 3 is 2.36 bits per heavy atom. The van der Waals surface area contributed by atoms with E-state index in [1.165, 1.54) is 6.07 Å². The second-order valence-corrected chi connectivity index (χ2v) is 11.2. The highest BCUT2D eigenvalue weighted by molar-refractivity contribution is 5.83. The smallest absolute Gasteiger partial charge is 0.385 e. The summed E-state index contributed by atoms with van der Waals surface area (Å²) in [6.45, 7) is 6.12. The molecule has 0 saturated heterocycles. The highest BCUT2D eigenvalue weighted by atomic mass is 19.4. The van der Waals surface area contributed by atoms with Crippen molar-refractivity contribution in [2.24, 2.45) is 5.41 Å². The number of ketones is 1. The standard InChI is InChI=1S/C26H35F3N2O2/c1-24(2,3)16-18(32)10-4-5-11-21-30-20-13-12-19(25(33)14-7-15-25)22(26(27,28)29)23(20)31(21)17-8-6-9-17/h12-13,17,33H,4-11,14-16H2,1-3H3. The summed E-state index contributed by atoms with van der Waals surface area (Å²) in [5.74, 6) is 0.897. The Morgan fingerprint density at radius 1 is 1.15 bits per heavy atom. The highest BCUT2D eigenvalue weighted by Crippen LogP contribution is 2.49. The first-order valence-corrected chi connectivity index (χ1v) is 12.2. The fraction of sp³-hybridized carbons (Fsp3) is 0.692. The van der Waals surface area contributed by atoms with Gasteiger partial charge >= 0.3 is 6.18 Å². The predicted molar refractivity (Wildman–Crippen MR) is 122 cm³/mol. The lowest BCUT2D eigenvalue weighted by molar-refractivity contribution is -0.141. The van der Waals surface area contributed by atoms with Crippen LogP contribution in [0.25, 0.3) is 11.0 Å². The molecule has 0 aliphatic heterocycles. The number of carbonyl (C=O) groups is 1. The Hall–Kier alpha value is -1.89. The van der Waals surface area contributed by atoms with Gasteiger partial charge < -0.3 is 9.67 Å². The van der Waals surface area contributed by atoms with Crippen molar-refractivity contribution in [2.75, 3.05) is 0 Å². The zero-order valence-corrected chi connectivity index (χ0v) is 19.9. The van der Waals surface area contributed by atoms with E-state index in [0.29, 0.717) is 56.3 Å². The number of rotatable bonds is 8. The molecular weight excluding hydrogens is 429 g/mol. The second-order valence-electron chi connectivity index (χ2n) is 11.2. The van der Waals surface area contributed by atoms with Gasteiger partial charge in [-0.05, 0) is 68.4 Å². The molecule has 2 aliphatic rings. The molecule has 2 aliphatic carbocycles. The molecule has 1 aromatic carbocycles. The molecule has 2 fully saturated rings. The monoisotopic (exact) mass is 464 g/mol. The lowest BCUT2D eigenvalue weighted by atomic mass is 9.73. The number of hydrogen-bond donors (Lipinski definition) is 1. The van der Waals surface area contributed by atoms with Crippen LogP contribution in [0.1, 0.15) is 108 Å². The summed E-state index contributed by atoms with van der Waals surface area (Å²) in [6.07, 6.45) is 2.54. The Bertz CT molecular complexity index is 1020. The number of aromatic nitrogens is 2. The van der Waals surface area contributed by atoms with E-state index < -0.39 is 17.3 Å². The van der Waals surface area contributed by atoms with Crippen LogP contribution in [0.3, 0.4) is 0 Å². The summed E-state index contributed by atoms with van der Waals surface area (Å²) in [5.41, 5.74) is -1.68. The van der Waals surface area contributed by atoms with Crippen LogP contribution >= 0.6 is 0 Å². The second kappa shape index (κ2) is 8.71. The van der Waals surface area contributed by atoms with Gasteiger partial charge in [0.05, 0.1) is 22.2 Å². The van der Waals surface area contributed by atoms with E-state index in [1.54, 1.807) is 6.07 Å². The number of benzene rings is 1. The first-order valence-electron chi connectivity index (χ1n) is 12.2. The van der Waals surface area contributed by atoms with E-state index in [2.05, 4.69) is 4.98 Å². The summed E-state index contributed by atoms with van der Waals surface area (Å²) >= 11 is 0. The number of carbonyl (C=O) groups excluding carboxylic acids is 1. The molecule has 1 N–H and O–H groups in total. The molecule has 0 unspecified atom stereocenters. The van der Waals surface area contributed by atoms with Crippen LogP contribution in [0, 0.1) is 5.41 Å². The first-order chi connectivity index (χ1) is 15.4. The van der Waals surface area contributed by atoms with Gasteiger partial charge in [-0.25, -0.2) is 4.98 Å². The maximum absolute atomic E-state index is 14.4. The topological polar surface area (TPSA) is 55.1 Å². The third-order valence-electron chi connectivity index (χ3n) is 7.16. The van der Waals surface area contributed by atoms with Crippen molar-refractivity contribution in [2.45, 2.75) is 109 Å². The van der Waals surface area contributed by atoms with Crippen LogP contribution in [0.5, 0.6) is 0 Å². The molecule has 7 heteroatoms. The molecule has 0 radical (unpaired) electrons. The maximum Gasteiger partial charge on any atom is 0.418 e. The molecular formula is C26H35F3N2O2. The molecule has 33 heavy (non-hydrogen) atoms. The number of Topliss-reactive ketones (excluding diaryl/α,β-unsaturated/α-hetero) is 1. The molecule has 2 saturated carbocycles. The number of halogens is 3.